The molecule has 1 fully saturated rings. The number of unbranched alkanes of at least 4 members (excludes halogenated alkanes) is 3. The van der Waals surface area contributed by atoms with Gasteiger partial charge < -0.3 is 14.8 Å². The molecule has 2 heterocycles. The zero-order chi connectivity index (χ0) is 29.1. The minimum absolute atomic E-state index is 0.0247. The number of hydrogen-bond acceptors (Lipinski definition) is 8. The number of carbonyl (C=O) groups is 2. The maximum Gasteiger partial charge on any atom is 0.243 e. The Bertz CT molecular complexity index is 1410. The first kappa shape index (κ1) is 30.2. The largest absolute Gasteiger partial charge is 0.344 e. The fourth-order valence-electron chi connectivity index (χ4n) is 4.86. The molecule has 5 rings (SSSR count). The molecule has 4 aromatic rings. The molecule has 0 saturated carbocycles. The first-order valence-corrected chi connectivity index (χ1v) is 16.0. The molecule has 220 valence electrons. The van der Waals surface area contributed by atoms with Crippen molar-refractivity contribution in [1.82, 2.24) is 10.5 Å². The molecule has 2 amide bonds. The van der Waals surface area contributed by atoms with Crippen LogP contribution in [-0.2, 0) is 19.1 Å². The number of benzene rings is 3. The van der Waals surface area contributed by atoms with Gasteiger partial charge in [0.25, 0.3) is 0 Å². The van der Waals surface area contributed by atoms with Crippen LogP contribution in [0.25, 0.3) is 10.2 Å². The summed E-state index contributed by atoms with van der Waals surface area (Å²) in [6.07, 6.45) is 3.92. The highest BCUT2D eigenvalue weighted by Crippen LogP contribution is 2.40. The van der Waals surface area contributed by atoms with E-state index in [2.05, 4.69) is 23.5 Å². The topological polar surface area (TPSA) is 110 Å². The molecule has 3 atom stereocenters. The van der Waals surface area contributed by atoms with Crippen LogP contribution in [0.2, 0.25) is 0 Å². The number of aromatic nitrogens is 1. The van der Waals surface area contributed by atoms with E-state index in [1.165, 1.54) is 4.70 Å². The number of nitrogens with zero attached hydrogens (tertiary/aromatic N) is 1. The van der Waals surface area contributed by atoms with Crippen molar-refractivity contribution >= 4 is 50.8 Å². The molecule has 0 spiro atoms. The molecule has 1 aromatic heterocycles. The maximum atomic E-state index is 12.4. The van der Waals surface area contributed by atoms with Gasteiger partial charge in [0.1, 0.15) is 0 Å². The number of rotatable bonds is 13. The second-order valence-electron chi connectivity index (χ2n) is 10.2. The molecule has 1 saturated heterocycles. The molecular formula is C32H35N3O5S2. The molecule has 10 heteroatoms. The van der Waals surface area contributed by atoms with Crippen LogP contribution in [0, 0.1) is 0 Å². The van der Waals surface area contributed by atoms with Crippen LogP contribution >= 0.6 is 23.1 Å². The molecule has 3 aromatic carbocycles. The summed E-state index contributed by atoms with van der Waals surface area (Å²) in [5.74, 6) is 0.345. The summed E-state index contributed by atoms with van der Waals surface area (Å²) in [6, 6.07) is 26.1. The summed E-state index contributed by atoms with van der Waals surface area (Å²) in [4.78, 5) is 28.2. The van der Waals surface area contributed by atoms with Crippen molar-refractivity contribution in [2.75, 3.05) is 11.1 Å². The third kappa shape index (κ3) is 8.62. The standard InChI is InChI=1S/C32H35N3O5S2/c36-29(14-6-1-2-7-15-30(37)35-38)33-24-18-16-23(17-19-24)31-39-25(20-27(40-31)22-10-4-3-5-11-22)21-41-32-34-26-12-8-9-13-28(26)42-32/h3-5,8-13,16-19,25,27,31,38H,1-2,6-7,14-15,20-21H2,(H,33,36)(H,35,37). The van der Waals surface area contributed by atoms with Crippen LogP contribution in [0.1, 0.15) is 68.5 Å². The fourth-order valence-corrected chi connectivity index (χ4v) is 6.97. The molecule has 0 bridgehead atoms. The van der Waals surface area contributed by atoms with E-state index in [0.29, 0.717) is 12.8 Å². The van der Waals surface area contributed by atoms with Crippen LogP contribution in [-0.4, -0.2) is 33.9 Å². The number of hydrogen-bond donors (Lipinski definition) is 3. The van der Waals surface area contributed by atoms with Crippen LogP contribution < -0.4 is 10.8 Å². The Kier molecular flexibility index (Phi) is 11.0. The lowest BCUT2D eigenvalue weighted by molar-refractivity contribution is -0.245. The first-order chi connectivity index (χ1) is 20.6. The van der Waals surface area contributed by atoms with Gasteiger partial charge in [-0.1, -0.05) is 79.2 Å². The number of fused-ring (bicyclic) bond motifs is 1. The van der Waals surface area contributed by atoms with Gasteiger partial charge in [-0.2, -0.15) is 0 Å². The zero-order valence-corrected chi connectivity index (χ0v) is 24.9. The Balaban J connectivity index is 1.16. The predicted molar refractivity (Wildman–Crippen MR) is 166 cm³/mol. The minimum Gasteiger partial charge on any atom is -0.344 e. The smallest absolute Gasteiger partial charge is 0.243 e. The maximum absolute atomic E-state index is 12.4. The average Bonchev–Trinajstić information content (AvgIpc) is 3.45. The lowest BCUT2D eigenvalue weighted by atomic mass is 10.0. The number of amides is 2. The van der Waals surface area contributed by atoms with Crippen molar-refractivity contribution < 1.29 is 24.3 Å². The van der Waals surface area contributed by atoms with Gasteiger partial charge >= 0.3 is 0 Å². The Hall–Kier alpha value is -3.28. The molecule has 42 heavy (non-hydrogen) atoms. The van der Waals surface area contributed by atoms with Gasteiger partial charge in [-0.3, -0.25) is 14.8 Å². The number of ether oxygens (including phenoxy) is 2. The number of nitrogens with one attached hydrogen (secondary N) is 2. The van der Waals surface area contributed by atoms with Gasteiger partial charge in [0, 0.05) is 36.3 Å². The van der Waals surface area contributed by atoms with Gasteiger partial charge in [0.15, 0.2) is 10.6 Å². The lowest BCUT2D eigenvalue weighted by Gasteiger charge is -2.36. The Labute approximate surface area is 253 Å². The van der Waals surface area contributed by atoms with Crippen molar-refractivity contribution in [2.24, 2.45) is 0 Å². The Morgan fingerprint density at radius 2 is 1.57 bits per heavy atom. The number of carbonyl (C=O) groups excluding carboxylic acids is 2. The molecule has 3 unspecified atom stereocenters. The molecule has 0 radical (unpaired) electrons. The third-order valence-electron chi connectivity index (χ3n) is 7.07. The molecular weight excluding hydrogens is 571 g/mol. The number of anilines is 1. The van der Waals surface area contributed by atoms with Crippen LogP contribution in [0.5, 0.6) is 0 Å². The molecule has 0 aliphatic carbocycles. The van der Waals surface area contributed by atoms with Gasteiger partial charge in [0.05, 0.1) is 22.4 Å². The summed E-state index contributed by atoms with van der Waals surface area (Å²) >= 11 is 3.42. The van der Waals surface area contributed by atoms with E-state index in [0.717, 1.165) is 58.1 Å². The van der Waals surface area contributed by atoms with Gasteiger partial charge in [0.2, 0.25) is 11.8 Å². The summed E-state index contributed by atoms with van der Waals surface area (Å²) in [5.41, 5.74) is 5.40. The highest BCUT2D eigenvalue weighted by Gasteiger charge is 2.32. The molecule has 1 aliphatic rings. The first-order valence-electron chi connectivity index (χ1n) is 14.2. The number of para-hydroxylation sites is 1. The van der Waals surface area contributed by atoms with Crippen molar-refractivity contribution in [3.8, 4) is 0 Å². The van der Waals surface area contributed by atoms with E-state index < -0.39 is 6.29 Å². The number of thiazole rings is 1. The monoisotopic (exact) mass is 605 g/mol. The van der Waals surface area contributed by atoms with Gasteiger partial charge in [-0.05, 0) is 42.7 Å². The van der Waals surface area contributed by atoms with Gasteiger partial charge in [-0.15, -0.1) is 11.3 Å². The van der Waals surface area contributed by atoms with Crippen molar-refractivity contribution in [2.45, 2.75) is 67.8 Å². The highest BCUT2D eigenvalue weighted by atomic mass is 32.2. The molecule has 1 aliphatic heterocycles. The van der Waals surface area contributed by atoms with E-state index in [-0.39, 0.29) is 30.4 Å². The van der Waals surface area contributed by atoms with E-state index in [1.54, 1.807) is 28.6 Å². The second kappa shape index (κ2) is 15.3. The SMILES string of the molecule is O=C(CCCCCCC(=O)Nc1ccc(C2OC(CSc3nc4ccccc4s3)CC(c3ccccc3)O2)cc1)NO. The summed E-state index contributed by atoms with van der Waals surface area (Å²) < 4.78 is 15.1. The van der Waals surface area contributed by atoms with E-state index in [1.807, 2.05) is 60.7 Å². The number of thioether (sulfide) groups is 1. The zero-order valence-electron chi connectivity index (χ0n) is 23.2. The van der Waals surface area contributed by atoms with Crippen molar-refractivity contribution in [3.05, 3.63) is 90.0 Å². The van der Waals surface area contributed by atoms with E-state index >= 15 is 0 Å². The lowest BCUT2D eigenvalue weighted by Crippen LogP contribution is -2.31. The minimum atomic E-state index is -0.525. The van der Waals surface area contributed by atoms with Crippen LogP contribution in [0.15, 0.2) is 83.2 Å². The number of hydroxylamine groups is 1. The predicted octanol–water partition coefficient (Wildman–Crippen LogP) is 7.42. The molecule has 8 nitrogen and oxygen atoms in total. The normalized spacial score (nSPS) is 18.5. The van der Waals surface area contributed by atoms with E-state index in [4.69, 9.17) is 19.7 Å². The second-order valence-corrected chi connectivity index (χ2v) is 12.5. The van der Waals surface area contributed by atoms with Crippen molar-refractivity contribution in [3.63, 3.8) is 0 Å². The third-order valence-corrected chi connectivity index (χ3v) is 9.38. The Morgan fingerprint density at radius 1 is 0.857 bits per heavy atom. The van der Waals surface area contributed by atoms with Crippen LogP contribution in [0.4, 0.5) is 5.69 Å². The van der Waals surface area contributed by atoms with E-state index in [9.17, 15) is 9.59 Å². The Morgan fingerprint density at radius 3 is 2.31 bits per heavy atom. The highest BCUT2D eigenvalue weighted by molar-refractivity contribution is 8.01. The van der Waals surface area contributed by atoms with Crippen molar-refractivity contribution in [1.29, 1.82) is 0 Å². The fraction of sp³-hybridized carbons (Fsp3) is 0.344. The van der Waals surface area contributed by atoms with Crippen LogP contribution in [0.3, 0.4) is 0 Å². The summed E-state index contributed by atoms with van der Waals surface area (Å²) in [7, 11) is 0. The molecule has 3 N–H and O–H groups in total. The summed E-state index contributed by atoms with van der Waals surface area (Å²) in [6.45, 7) is 0. The average molecular weight is 606 g/mol. The summed E-state index contributed by atoms with van der Waals surface area (Å²) in [5, 5.41) is 11.5. The van der Waals surface area contributed by atoms with Gasteiger partial charge in [-0.25, -0.2) is 10.5 Å². The quantitative estimate of drug-likeness (QED) is 0.0630.